The lowest BCUT2D eigenvalue weighted by molar-refractivity contribution is -0.137. The van der Waals surface area contributed by atoms with E-state index >= 15 is 0 Å². The summed E-state index contributed by atoms with van der Waals surface area (Å²) in [7, 11) is 0. The van der Waals surface area contributed by atoms with Gasteiger partial charge in [0.1, 0.15) is 5.60 Å². The summed E-state index contributed by atoms with van der Waals surface area (Å²) in [5.41, 5.74) is -1.82. The number of carbonyl (C=O) groups excluding carboxylic acids is 1. The van der Waals surface area contributed by atoms with Crippen LogP contribution in [0, 0.1) is 11.3 Å². The molecule has 1 heterocycles. The average molecular weight is 433 g/mol. The minimum Gasteiger partial charge on any atom is -0.444 e. The first-order valence-corrected chi connectivity index (χ1v) is 8.94. The Balaban J connectivity index is 2.20. The second-order valence-electron chi connectivity index (χ2n) is 7.35. The highest BCUT2D eigenvalue weighted by atomic mass is 79.9. The van der Waals surface area contributed by atoms with Crippen molar-refractivity contribution in [3.63, 3.8) is 0 Å². The number of alkyl halides is 3. The van der Waals surface area contributed by atoms with E-state index < -0.39 is 28.8 Å². The Labute approximate surface area is 159 Å². The summed E-state index contributed by atoms with van der Waals surface area (Å²) in [5, 5.41) is 9.73. The quantitative estimate of drug-likeness (QED) is 0.607. The SMILES string of the molecule is CC(C)(C)OC(=O)N1CCC(C#N)(c2ccc(C(F)(F)F)cc2Br)CC1. The summed E-state index contributed by atoms with van der Waals surface area (Å²) in [5.74, 6) is 0. The normalized spacial score (nSPS) is 17.5. The van der Waals surface area contributed by atoms with Gasteiger partial charge in [-0.15, -0.1) is 0 Å². The van der Waals surface area contributed by atoms with Crippen LogP contribution in [0.25, 0.3) is 0 Å². The van der Waals surface area contributed by atoms with E-state index in [1.165, 1.54) is 11.0 Å². The number of carbonyl (C=O) groups is 1. The summed E-state index contributed by atoms with van der Waals surface area (Å²) in [6.07, 6.45) is -4.24. The number of rotatable bonds is 1. The second-order valence-corrected chi connectivity index (χ2v) is 8.21. The topological polar surface area (TPSA) is 53.3 Å². The minimum absolute atomic E-state index is 0.250. The lowest BCUT2D eigenvalue weighted by Gasteiger charge is -2.38. The maximum Gasteiger partial charge on any atom is 0.416 e. The van der Waals surface area contributed by atoms with Crippen LogP contribution in [0.4, 0.5) is 18.0 Å². The van der Waals surface area contributed by atoms with E-state index in [9.17, 15) is 23.2 Å². The highest BCUT2D eigenvalue weighted by Gasteiger charge is 2.41. The van der Waals surface area contributed by atoms with Gasteiger partial charge in [-0.2, -0.15) is 18.4 Å². The third-order valence-corrected chi connectivity index (χ3v) is 4.95. The van der Waals surface area contributed by atoms with Crippen molar-refractivity contribution in [3.05, 3.63) is 33.8 Å². The molecular weight excluding hydrogens is 413 g/mol. The molecule has 1 fully saturated rings. The van der Waals surface area contributed by atoms with Gasteiger partial charge >= 0.3 is 12.3 Å². The zero-order chi connectivity index (χ0) is 19.8. The fourth-order valence-corrected chi connectivity index (χ4v) is 3.68. The zero-order valence-corrected chi connectivity index (χ0v) is 16.4. The zero-order valence-electron chi connectivity index (χ0n) is 14.8. The van der Waals surface area contributed by atoms with Crippen molar-refractivity contribution in [2.75, 3.05) is 13.1 Å². The van der Waals surface area contributed by atoms with Gasteiger partial charge in [-0.25, -0.2) is 4.79 Å². The molecule has 2 rings (SSSR count). The Morgan fingerprint density at radius 3 is 2.27 bits per heavy atom. The first-order valence-electron chi connectivity index (χ1n) is 8.14. The van der Waals surface area contributed by atoms with Gasteiger partial charge in [0.2, 0.25) is 0 Å². The van der Waals surface area contributed by atoms with Crippen LogP contribution in [0.5, 0.6) is 0 Å². The van der Waals surface area contributed by atoms with Gasteiger partial charge in [0.15, 0.2) is 0 Å². The van der Waals surface area contributed by atoms with E-state index in [2.05, 4.69) is 22.0 Å². The van der Waals surface area contributed by atoms with Crippen molar-refractivity contribution in [3.8, 4) is 6.07 Å². The fraction of sp³-hybridized carbons (Fsp3) is 0.556. The van der Waals surface area contributed by atoms with Crippen LogP contribution >= 0.6 is 15.9 Å². The van der Waals surface area contributed by atoms with Crippen LogP contribution in [-0.4, -0.2) is 29.7 Å². The number of amides is 1. The molecule has 0 N–H and O–H groups in total. The Kier molecular flexibility index (Phi) is 5.62. The number of hydrogen-bond donors (Lipinski definition) is 0. The summed E-state index contributed by atoms with van der Waals surface area (Å²) < 4.78 is 44.1. The van der Waals surface area contributed by atoms with Crippen LogP contribution in [0.3, 0.4) is 0 Å². The van der Waals surface area contributed by atoms with Crippen molar-refractivity contribution in [1.82, 2.24) is 4.90 Å². The van der Waals surface area contributed by atoms with Crippen LogP contribution in [0.15, 0.2) is 22.7 Å². The molecule has 4 nitrogen and oxygen atoms in total. The smallest absolute Gasteiger partial charge is 0.416 e. The number of piperidine rings is 1. The maximum absolute atomic E-state index is 12.9. The van der Waals surface area contributed by atoms with E-state index in [1.807, 2.05) is 0 Å². The van der Waals surface area contributed by atoms with E-state index in [4.69, 9.17) is 4.74 Å². The summed E-state index contributed by atoms with van der Waals surface area (Å²) in [6, 6.07) is 5.58. The van der Waals surface area contributed by atoms with Crippen LogP contribution in [0.2, 0.25) is 0 Å². The number of nitrogens with zero attached hydrogens (tertiary/aromatic N) is 2. The lowest BCUT2D eigenvalue weighted by atomic mass is 9.74. The van der Waals surface area contributed by atoms with Crippen molar-refractivity contribution >= 4 is 22.0 Å². The number of ether oxygens (including phenoxy) is 1. The molecule has 0 spiro atoms. The van der Waals surface area contributed by atoms with Crippen molar-refractivity contribution < 1.29 is 22.7 Å². The Morgan fingerprint density at radius 2 is 1.85 bits per heavy atom. The Hall–Kier alpha value is -1.75. The van der Waals surface area contributed by atoms with Crippen molar-refractivity contribution in [1.29, 1.82) is 5.26 Å². The highest BCUT2D eigenvalue weighted by Crippen LogP contribution is 2.41. The predicted octanol–water partition coefficient (Wildman–Crippen LogP) is 5.26. The first-order chi connectivity index (χ1) is 11.9. The van der Waals surface area contributed by atoms with Crippen LogP contribution < -0.4 is 0 Å². The number of benzene rings is 1. The number of halogens is 4. The van der Waals surface area contributed by atoms with E-state index in [-0.39, 0.29) is 4.47 Å². The molecule has 1 aromatic carbocycles. The van der Waals surface area contributed by atoms with Gasteiger partial charge in [-0.1, -0.05) is 22.0 Å². The Morgan fingerprint density at radius 1 is 1.27 bits per heavy atom. The third kappa shape index (κ3) is 4.50. The predicted molar refractivity (Wildman–Crippen MR) is 93.5 cm³/mol. The molecule has 0 aromatic heterocycles. The van der Waals surface area contributed by atoms with Gasteiger partial charge in [-0.3, -0.25) is 0 Å². The molecule has 1 saturated heterocycles. The molecule has 0 aliphatic carbocycles. The first kappa shape index (κ1) is 20.6. The monoisotopic (exact) mass is 432 g/mol. The molecule has 0 radical (unpaired) electrons. The molecule has 0 unspecified atom stereocenters. The Bertz CT molecular complexity index is 727. The molecule has 26 heavy (non-hydrogen) atoms. The van der Waals surface area contributed by atoms with Crippen LogP contribution in [0.1, 0.15) is 44.7 Å². The van der Waals surface area contributed by atoms with Crippen molar-refractivity contribution in [2.24, 2.45) is 0 Å². The summed E-state index contributed by atoms with van der Waals surface area (Å²) >= 11 is 3.18. The van der Waals surface area contributed by atoms with Gasteiger partial charge < -0.3 is 9.64 Å². The molecule has 142 valence electrons. The summed E-state index contributed by atoms with van der Waals surface area (Å²) in [6.45, 7) is 5.92. The number of nitriles is 1. The molecule has 1 amide bonds. The van der Waals surface area contributed by atoms with Crippen LogP contribution in [-0.2, 0) is 16.3 Å². The number of hydrogen-bond acceptors (Lipinski definition) is 3. The van der Waals surface area contributed by atoms with Gasteiger partial charge in [0.05, 0.1) is 17.0 Å². The highest BCUT2D eigenvalue weighted by molar-refractivity contribution is 9.10. The van der Waals surface area contributed by atoms with E-state index in [1.54, 1.807) is 20.8 Å². The van der Waals surface area contributed by atoms with E-state index in [0.717, 1.165) is 12.1 Å². The molecule has 1 aromatic rings. The van der Waals surface area contributed by atoms with E-state index in [0.29, 0.717) is 31.5 Å². The van der Waals surface area contributed by atoms with Gasteiger partial charge in [-0.05, 0) is 51.3 Å². The minimum atomic E-state index is -4.44. The standard InChI is InChI=1S/C18H20BrF3N2O2/c1-16(2,3)26-15(25)24-8-6-17(11-23,7-9-24)13-5-4-12(10-14(13)19)18(20,21)22/h4-5,10H,6-9H2,1-3H3. The molecule has 1 aliphatic heterocycles. The average Bonchev–Trinajstić information content (AvgIpc) is 2.52. The fourth-order valence-electron chi connectivity index (χ4n) is 2.92. The van der Waals surface area contributed by atoms with Crippen molar-refractivity contribution in [2.45, 2.75) is 50.8 Å². The molecular formula is C18H20BrF3N2O2. The molecule has 8 heteroatoms. The second kappa shape index (κ2) is 7.10. The molecule has 0 saturated carbocycles. The largest absolute Gasteiger partial charge is 0.444 e. The third-order valence-electron chi connectivity index (χ3n) is 4.29. The lowest BCUT2D eigenvalue weighted by Crippen LogP contribution is -2.46. The molecule has 0 atom stereocenters. The van der Waals surface area contributed by atoms with Gasteiger partial charge in [0.25, 0.3) is 0 Å². The van der Waals surface area contributed by atoms with Gasteiger partial charge in [0, 0.05) is 17.6 Å². The number of likely N-dealkylation sites (tertiary alicyclic amines) is 1. The maximum atomic E-state index is 12.9. The summed E-state index contributed by atoms with van der Waals surface area (Å²) in [4.78, 5) is 13.7. The molecule has 0 bridgehead atoms. The molecule has 1 aliphatic rings.